The van der Waals surface area contributed by atoms with Gasteiger partial charge in [0.2, 0.25) is 0 Å². The van der Waals surface area contributed by atoms with Crippen LogP contribution < -0.4 is 4.74 Å². The van der Waals surface area contributed by atoms with E-state index >= 15 is 0 Å². The minimum atomic E-state index is -1.38. The third-order valence-electron chi connectivity index (χ3n) is 1.99. The standard InChI is InChI=1S/C10H6N2O3/c11-4-6-5-12-9-7(6)2-1-3-8(9)15-10(13)14/h1-3,5,12H,(H,13,14). The number of para-hydroxylation sites is 1. The van der Waals surface area contributed by atoms with Gasteiger partial charge in [0.05, 0.1) is 11.1 Å². The molecule has 0 aliphatic rings. The van der Waals surface area contributed by atoms with Gasteiger partial charge in [-0.05, 0) is 6.07 Å². The first-order valence-corrected chi connectivity index (χ1v) is 4.13. The second-order valence-electron chi connectivity index (χ2n) is 2.86. The second kappa shape index (κ2) is 3.35. The molecular formula is C10H6N2O3. The molecule has 0 saturated carbocycles. The Labute approximate surface area is 84.5 Å². The largest absolute Gasteiger partial charge is 0.511 e. The number of fused-ring (bicyclic) bond motifs is 1. The van der Waals surface area contributed by atoms with Gasteiger partial charge in [-0.1, -0.05) is 12.1 Å². The average Bonchev–Trinajstić information content (AvgIpc) is 2.61. The third kappa shape index (κ3) is 1.48. The molecule has 0 fully saturated rings. The monoisotopic (exact) mass is 202 g/mol. The Morgan fingerprint density at radius 3 is 3.00 bits per heavy atom. The number of nitriles is 1. The lowest BCUT2D eigenvalue weighted by molar-refractivity contribution is 0.145. The lowest BCUT2D eigenvalue weighted by atomic mass is 10.2. The first-order chi connectivity index (χ1) is 7.22. The number of nitrogens with one attached hydrogen (secondary N) is 1. The van der Waals surface area contributed by atoms with Crippen LogP contribution >= 0.6 is 0 Å². The van der Waals surface area contributed by atoms with E-state index in [-0.39, 0.29) is 5.75 Å². The van der Waals surface area contributed by atoms with Crippen LogP contribution in [0.1, 0.15) is 5.56 Å². The number of aromatic amines is 1. The summed E-state index contributed by atoms with van der Waals surface area (Å²) in [5, 5.41) is 17.9. The maximum atomic E-state index is 10.4. The Morgan fingerprint density at radius 1 is 1.53 bits per heavy atom. The van der Waals surface area contributed by atoms with Crippen molar-refractivity contribution in [1.82, 2.24) is 4.98 Å². The molecule has 0 spiro atoms. The number of ether oxygens (including phenoxy) is 1. The van der Waals surface area contributed by atoms with Crippen molar-refractivity contribution < 1.29 is 14.6 Å². The molecule has 2 aromatic rings. The molecule has 0 bridgehead atoms. The number of rotatable bonds is 1. The molecule has 0 aliphatic carbocycles. The van der Waals surface area contributed by atoms with Gasteiger partial charge >= 0.3 is 6.16 Å². The van der Waals surface area contributed by atoms with E-state index in [1.807, 2.05) is 6.07 Å². The third-order valence-corrected chi connectivity index (χ3v) is 1.99. The number of nitrogens with zero attached hydrogens (tertiary/aromatic N) is 1. The predicted molar refractivity (Wildman–Crippen MR) is 51.7 cm³/mol. The van der Waals surface area contributed by atoms with Crippen molar-refractivity contribution in [2.24, 2.45) is 0 Å². The van der Waals surface area contributed by atoms with E-state index < -0.39 is 6.16 Å². The minimum absolute atomic E-state index is 0.196. The molecule has 0 amide bonds. The van der Waals surface area contributed by atoms with Crippen molar-refractivity contribution in [2.45, 2.75) is 0 Å². The maximum Gasteiger partial charge on any atom is 0.511 e. The maximum absolute atomic E-state index is 10.4. The molecule has 0 saturated heterocycles. The fourth-order valence-electron chi connectivity index (χ4n) is 1.40. The SMILES string of the molecule is N#Cc1c[nH]c2c(OC(=O)O)cccc12. The van der Waals surface area contributed by atoms with Gasteiger partial charge in [0.1, 0.15) is 6.07 Å². The molecule has 5 nitrogen and oxygen atoms in total. The highest BCUT2D eigenvalue weighted by Gasteiger charge is 2.09. The van der Waals surface area contributed by atoms with Crippen molar-refractivity contribution in [3.63, 3.8) is 0 Å². The topological polar surface area (TPSA) is 86.1 Å². The van der Waals surface area contributed by atoms with Crippen molar-refractivity contribution in [2.75, 3.05) is 0 Å². The van der Waals surface area contributed by atoms with Crippen LogP contribution in [0.25, 0.3) is 10.9 Å². The van der Waals surface area contributed by atoms with Gasteiger partial charge < -0.3 is 14.8 Å². The highest BCUT2D eigenvalue weighted by Crippen LogP contribution is 2.26. The summed E-state index contributed by atoms with van der Waals surface area (Å²) in [6.45, 7) is 0. The zero-order chi connectivity index (χ0) is 10.8. The van der Waals surface area contributed by atoms with Gasteiger partial charge in [-0.25, -0.2) is 4.79 Å². The Bertz CT molecular complexity index is 566. The van der Waals surface area contributed by atoms with Gasteiger partial charge in [0, 0.05) is 11.6 Å². The number of aromatic nitrogens is 1. The highest BCUT2D eigenvalue weighted by molar-refractivity contribution is 5.91. The van der Waals surface area contributed by atoms with Crippen molar-refractivity contribution >= 4 is 17.1 Å². The summed E-state index contributed by atoms with van der Waals surface area (Å²) in [6, 6.07) is 6.87. The normalized spacial score (nSPS) is 9.80. The van der Waals surface area contributed by atoms with E-state index in [1.54, 1.807) is 12.1 Å². The summed E-state index contributed by atoms with van der Waals surface area (Å²) in [4.78, 5) is 13.2. The summed E-state index contributed by atoms with van der Waals surface area (Å²) >= 11 is 0. The molecule has 0 atom stereocenters. The number of carbonyl (C=O) groups is 1. The lowest BCUT2D eigenvalue weighted by Crippen LogP contribution is -2.03. The first-order valence-electron chi connectivity index (χ1n) is 4.13. The Balaban J connectivity index is 2.63. The lowest BCUT2D eigenvalue weighted by Gasteiger charge is -2.00. The van der Waals surface area contributed by atoms with Gasteiger partial charge in [-0.2, -0.15) is 5.26 Å². The molecule has 2 N–H and O–H groups in total. The molecule has 0 radical (unpaired) electrons. The molecule has 1 heterocycles. The van der Waals surface area contributed by atoms with Crippen LogP contribution in [-0.2, 0) is 0 Å². The summed E-state index contributed by atoms with van der Waals surface area (Å²) in [7, 11) is 0. The van der Waals surface area contributed by atoms with Gasteiger partial charge in [0.25, 0.3) is 0 Å². The molecule has 2 rings (SSSR count). The fourth-order valence-corrected chi connectivity index (χ4v) is 1.40. The second-order valence-corrected chi connectivity index (χ2v) is 2.86. The Kier molecular flexibility index (Phi) is 2.03. The zero-order valence-electron chi connectivity index (χ0n) is 7.52. The smallest absolute Gasteiger partial charge is 0.449 e. The van der Waals surface area contributed by atoms with Gasteiger partial charge in [-0.15, -0.1) is 0 Å². The van der Waals surface area contributed by atoms with Crippen LogP contribution in [0.2, 0.25) is 0 Å². The van der Waals surface area contributed by atoms with E-state index in [9.17, 15) is 4.79 Å². The van der Waals surface area contributed by atoms with E-state index in [0.29, 0.717) is 16.5 Å². The van der Waals surface area contributed by atoms with E-state index in [1.165, 1.54) is 12.3 Å². The molecular weight excluding hydrogens is 196 g/mol. The molecule has 1 aromatic heterocycles. The van der Waals surface area contributed by atoms with Gasteiger partial charge in [-0.3, -0.25) is 0 Å². The summed E-state index contributed by atoms with van der Waals surface area (Å²) in [5.41, 5.74) is 0.970. The number of hydrogen-bond donors (Lipinski definition) is 2. The number of carboxylic acid groups (broad SMARTS) is 1. The quantitative estimate of drug-likeness (QED) is 0.547. The van der Waals surface area contributed by atoms with Crippen LogP contribution in [0.5, 0.6) is 5.75 Å². The zero-order valence-corrected chi connectivity index (χ0v) is 7.52. The molecule has 5 heteroatoms. The molecule has 1 aromatic carbocycles. The fraction of sp³-hybridized carbons (Fsp3) is 0. The molecule has 0 unspecified atom stereocenters. The van der Waals surface area contributed by atoms with Crippen LogP contribution in [-0.4, -0.2) is 16.2 Å². The van der Waals surface area contributed by atoms with Crippen LogP contribution in [0.15, 0.2) is 24.4 Å². The van der Waals surface area contributed by atoms with Crippen LogP contribution in [0, 0.1) is 11.3 Å². The van der Waals surface area contributed by atoms with Crippen molar-refractivity contribution in [1.29, 1.82) is 5.26 Å². The van der Waals surface area contributed by atoms with Crippen molar-refractivity contribution in [3.8, 4) is 11.8 Å². The van der Waals surface area contributed by atoms with E-state index in [4.69, 9.17) is 10.4 Å². The molecule has 0 aliphatic heterocycles. The van der Waals surface area contributed by atoms with E-state index in [2.05, 4.69) is 9.72 Å². The Hall–Kier alpha value is -2.48. The Morgan fingerprint density at radius 2 is 2.33 bits per heavy atom. The summed E-state index contributed by atoms with van der Waals surface area (Å²) in [6.07, 6.45) is 0.134. The average molecular weight is 202 g/mol. The molecule has 74 valence electrons. The van der Waals surface area contributed by atoms with Crippen molar-refractivity contribution in [3.05, 3.63) is 30.0 Å². The van der Waals surface area contributed by atoms with Crippen LogP contribution in [0.4, 0.5) is 4.79 Å². The van der Waals surface area contributed by atoms with Gasteiger partial charge in [0.15, 0.2) is 5.75 Å². The van der Waals surface area contributed by atoms with Crippen LogP contribution in [0.3, 0.4) is 0 Å². The number of benzene rings is 1. The highest BCUT2D eigenvalue weighted by atomic mass is 16.7. The first kappa shape index (κ1) is 9.09. The minimum Gasteiger partial charge on any atom is -0.449 e. The van der Waals surface area contributed by atoms with E-state index in [0.717, 1.165) is 0 Å². The molecule has 15 heavy (non-hydrogen) atoms. The predicted octanol–water partition coefficient (Wildman–Crippen LogP) is 2.10. The number of H-pyrrole nitrogens is 1. The summed E-state index contributed by atoms with van der Waals surface area (Å²) in [5.74, 6) is 0.196. The summed E-state index contributed by atoms with van der Waals surface area (Å²) < 4.78 is 4.56. The number of hydrogen-bond acceptors (Lipinski definition) is 3.